The Hall–Kier alpha value is -2.56. The Morgan fingerprint density at radius 3 is 3.00 bits per heavy atom. The number of aryl methyl sites for hydroxylation is 1. The lowest BCUT2D eigenvalue weighted by atomic mass is 10.0. The number of halogens is 1. The second kappa shape index (κ2) is 5.72. The topological polar surface area (TPSA) is 32.6 Å². The van der Waals surface area contributed by atoms with Crippen molar-refractivity contribution >= 4 is 5.65 Å². The van der Waals surface area contributed by atoms with E-state index in [9.17, 15) is 4.39 Å². The highest BCUT2D eigenvalue weighted by Gasteiger charge is 2.36. The van der Waals surface area contributed by atoms with Crippen LogP contribution in [-0.4, -0.2) is 19.9 Å². The van der Waals surface area contributed by atoms with Gasteiger partial charge in [0.25, 0.3) is 0 Å². The molecule has 4 nitrogen and oxygen atoms in total. The van der Waals surface area contributed by atoms with Gasteiger partial charge in [-0.1, -0.05) is 13.0 Å². The van der Waals surface area contributed by atoms with Crippen LogP contribution in [0.4, 0.5) is 4.39 Å². The van der Waals surface area contributed by atoms with E-state index < -0.39 is 5.66 Å². The van der Waals surface area contributed by atoms with Crippen LogP contribution < -0.4 is 5.32 Å². The van der Waals surface area contributed by atoms with Crippen LogP contribution in [0.1, 0.15) is 61.9 Å². The van der Waals surface area contributed by atoms with E-state index in [0.29, 0.717) is 5.92 Å². The minimum Gasteiger partial charge on any atom is -0.361 e. The Bertz CT molecular complexity index is 1010. The summed E-state index contributed by atoms with van der Waals surface area (Å²) in [5, 5.41) is 3.48. The zero-order valence-electron chi connectivity index (χ0n) is 16.0. The molecular formula is C22H25FN4. The van der Waals surface area contributed by atoms with Gasteiger partial charge in [0.15, 0.2) is 0 Å². The van der Waals surface area contributed by atoms with Crippen LogP contribution in [0.15, 0.2) is 54.4 Å². The number of hydrogen-bond acceptors (Lipinski definition) is 3. The molecule has 5 heteroatoms. The number of allylic oxidation sites excluding steroid dienone is 3. The maximum Gasteiger partial charge on any atom is 0.140 e. The molecule has 2 unspecified atom stereocenters. The van der Waals surface area contributed by atoms with Crippen LogP contribution in [0.25, 0.3) is 5.65 Å². The van der Waals surface area contributed by atoms with E-state index >= 15 is 0 Å². The highest BCUT2D eigenvalue weighted by molar-refractivity contribution is 5.54. The fourth-order valence-electron chi connectivity index (χ4n) is 4.43. The smallest absolute Gasteiger partial charge is 0.140 e. The minimum absolute atomic E-state index is 0.201. The van der Waals surface area contributed by atoms with E-state index in [-0.39, 0.29) is 11.7 Å². The maximum atomic E-state index is 13.7. The molecule has 2 aromatic rings. The van der Waals surface area contributed by atoms with E-state index in [0.717, 1.165) is 23.5 Å². The molecule has 1 fully saturated rings. The number of nitrogens with one attached hydrogen (secondary N) is 1. The summed E-state index contributed by atoms with van der Waals surface area (Å²) in [5.41, 5.74) is 5.46. The molecule has 1 N–H and O–H groups in total. The molecular weight excluding hydrogens is 339 g/mol. The number of pyridine rings is 1. The maximum absolute atomic E-state index is 13.7. The molecule has 0 bridgehead atoms. The fraction of sp³-hybridized carbons (Fsp3) is 0.409. The molecule has 2 aliphatic heterocycles. The minimum atomic E-state index is -0.513. The highest BCUT2D eigenvalue weighted by Crippen LogP contribution is 2.42. The lowest BCUT2D eigenvalue weighted by molar-refractivity contribution is 0.275. The van der Waals surface area contributed by atoms with E-state index in [4.69, 9.17) is 4.98 Å². The molecule has 0 spiro atoms. The van der Waals surface area contributed by atoms with E-state index in [1.54, 1.807) is 12.3 Å². The van der Waals surface area contributed by atoms with Gasteiger partial charge in [0.1, 0.15) is 17.1 Å². The third-order valence-electron chi connectivity index (χ3n) is 6.02. The molecule has 0 radical (unpaired) electrons. The van der Waals surface area contributed by atoms with Crippen molar-refractivity contribution in [2.45, 2.75) is 57.5 Å². The number of rotatable bonds is 4. The number of hydrogen-bond donors (Lipinski definition) is 1. The lowest BCUT2D eigenvalue weighted by Gasteiger charge is -2.33. The first kappa shape index (κ1) is 16.6. The van der Waals surface area contributed by atoms with Crippen molar-refractivity contribution in [1.82, 2.24) is 19.6 Å². The molecule has 0 amide bonds. The summed E-state index contributed by atoms with van der Waals surface area (Å²) < 4.78 is 15.9. The first-order valence-corrected chi connectivity index (χ1v) is 9.76. The van der Waals surface area contributed by atoms with Gasteiger partial charge < -0.3 is 14.6 Å². The molecule has 5 rings (SSSR count). The predicted octanol–water partition coefficient (Wildman–Crippen LogP) is 4.86. The Morgan fingerprint density at radius 1 is 1.41 bits per heavy atom. The summed E-state index contributed by atoms with van der Waals surface area (Å²) in [7, 11) is 0. The Morgan fingerprint density at radius 2 is 2.22 bits per heavy atom. The fourth-order valence-corrected chi connectivity index (χ4v) is 4.43. The second-order valence-electron chi connectivity index (χ2n) is 8.30. The van der Waals surface area contributed by atoms with Gasteiger partial charge in [0.2, 0.25) is 0 Å². The van der Waals surface area contributed by atoms with Crippen molar-refractivity contribution in [3.63, 3.8) is 0 Å². The van der Waals surface area contributed by atoms with Gasteiger partial charge in [-0.05, 0) is 62.8 Å². The van der Waals surface area contributed by atoms with Gasteiger partial charge in [-0.2, -0.15) is 0 Å². The largest absolute Gasteiger partial charge is 0.361 e. The van der Waals surface area contributed by atoms with Crippen LogP contribution in [-0.2, 0) is 0 Å². The zero-order chi connectivity index (χ0) is 18.8. The summed E-state index contributed by atoms with van der Waals surface area (Å²) in [6.45, 7) is 6.37. The SMILES string of the molecule is Cc1c(C(C)CC2=CN3C=CC(F)=CC3(C)N2)nc2c(C3CC3)cccn12. The third kappa shape index (κ3) is 2.68. The molecule has 4 heterocycles. The standard InChI is InChI=1S/C22H25FN4/c1-14(11-18-13-26-10-8-17(23)12-22(26,3)25-18)20-15(2)27-9-4-5-19(16-6-7-16)21(27)24-20/h4-5,8-10,12-14,16,25H,6-7,11H2,1-3H3. The molecule has 2 atom stereocenters. The van der Waals surface area contributed by atoms with Crippen molar-refractivity contribution in [2.24, 2.45) is 0 Å². The normalized spacial score (nSPS) is 25.3. The van der Waals surface area contributed by atoms with Crippen LogP contribution in [0, 0.1) is 6.92 Å². The highest BCUT2D eigenvalue weighted by atomic mass is 19.1. The first-order valence-electron chi connectivity index (χ1n) is 9.76. The van der Waals surface area contributed by atoms with Gasteiger partial charge in [-0.25, -0.2) is 9.37 Å². The molecule has 3 aliphatic rings. The molecule has 2 aromatic heterocycles. The number of aromatic nitrogens is 2. The van der Waals surface area contributed by atoms with Crippen molar-refractivity contribution in [1.29, 1.82) is 0 Å². The molecule has 140 valence electrons. The molecule has 1 aliphatic carbocycles. The third-order valence-corrected chi connectivity index (χ3v) is 6.02. The van der Waals surface area contributed by atoms with E-state index in [2.05, 4.69) is 48.1 Å². The molecule has 0 saturated heterocycles. The number of imidazole rings is 1. The van der Waals surface area contributed by atoms with Crippen LogP contribution in [0.3, 0.4) is 0 Å². The van der Waals surface area contributed by atoms with Gasteiger partial charge in [-0.15, -0.1) is 0 Å². The van der Waals surface area contributed by atoms with Gasteiger partial charge in [-0.3, -0.25) is 0 Å². The zero-order valence-corrected chi connectivity index (χ0v) is 16.0. The summed E-state index contributed by atoms with van der Waals surface area (Å²) in [6, 6.07) is 4.36. The van der Waals surface area contributed by atoms with Gasteiger partial charge >= 0.3 is 0 Å². The van der Waals surface area contributed by atoms with Crippen LogP contribution in [0.5, 0.6) is 0 Å². The summed E-state index contributed by atoms with van der Waals surface area (Å²) in [6.07, 6.45) is 12.5. The molecule has 1 saturated carbocycles. The Labute approximate surface area is 159 Å². The monoisotopic (exact) mass is 364 g/mol. The van der Waals surface area contributed by atoms with Crippen LogP contribution in [0.2, 0.25) is 0 Å². The summed E-state index contributed by atoms with van der Waals surface area (Å²) in [5.74, 6) is 0.758. The predicted molar refractivity (Wildman–Crippen MR) is 105 cm³/mol. The Kier molecular flexibility index (Phi) is 3.51. The average Bonchev–Trinajstić information content (AvgIpc) is 3.33. The van der Waals surface area contributed by atoms with Crippen molar-refractivity contribution < 1.29 is 4.39 Å². The molecule has 27 heavy (non-hydrogen) atoms. The second-order valence-corrected chi connectivity index (χ2v) is 8.30. The molecule has 0 aromatic carbocycles. The van der Waals surface area contributed by atoms with Crippen molar-refractivity contribution in [3.8, 4) is 0 Å². The summed E-state index contributed by atoms with van der Waals surface area (Å²) in [4.78, 5) is 7.07. The first-order chi connectivity index (χ1) is 12.9. The quantitative estimate of drug-likeness (QED) is 0.841. The van der Waals surface area contributed by atoms with E-state index in [1.165, 1.54) is 30.2 Å². The number of nitrogens with zero attached hydrogens (tertiary/aromatic N) is 3. The van der Waals surface area contributed by atoms with Gasteiger partial charge in [0.05, 0.1) is 5.69 Å². The van der Waals surface area contributed by atoms with Gasteiger partial charge in [0, 0.05) is 35.9 Å². The summed E-state index contributed by atoms with van der Waals surface area (Å²) >= 11 is 0. The van der Waals surface area contributed by atoms with Crippen molar-refractivity contribution in [2.75, 3.05) is 0 Å². The average molecular weight is 364 g/mol. The van der Waals surface area contributed by atoms with Crippen molar-refractivity contribution in [3.05, 3.63) is 71.4 Å². The van der Waals surface area contributed by atoms with E-state index in [1.807, 2.05) is 11.8 Å². The lowest BCUT2D eigenvalue weighted by Crippen LogP contribution is -2.46. The Balaban J connectivity index is 1.42. The number of fused-ring (bicyclic) bond motifs is 2. The van der Waals surface area contributed by atoms with Crippen LogP contribution >= 0.6 is 0 Å².